The molecule has 0 N–H and O–H groups in total. The first kappa shape index (κ1) is 22.4. The zero-order valence-corrected chi connectivity index (χ0v) is 17.8. The molecule has 2 aromatic carbocycles. The number of esters is 2. The Balaban J connectivity index is 1.20. The van der Waals surface area contributed by atoms with E-state index in [9.17, 15) is 14.4 Å². The minimum absolute atomic E-state index is 0.471. The van der Waals surface area contributed by atoms with Gasteiger partial charge in [0.25, 0.3) is 0 Å². The Morgan fingerprint density at radius 1 is 0.647 bits per heavy atom. The maximum Gasteiger partial charge on any atom is 0.331 e. The normalized spacial score (nSPS) is 11.3. The molecule has 0 aliphatic rings. The van der Waals surface area contributed by atoms with Crippen molar-refractivity contribution in [2.75, 3.05) is 13.2 Å². The van der Waals surface area contributed by atoms with Gasteiger partial charge in [0.15, 0.2) is 13.2 Å². The number of hydrogen-bond acceptors (Lipinski definition) is 9. The summed E-state index contributed by atoms with van der Waals surface area (Å²) >= 11 is 0. The predicted octanol–water partition coefficient (Wildman–Crippen LogP) is 2.96. The number of nitrogens with zero attached hydrogens (tertiary/aromatic N) is 4. The Morgan fingerprint density at radius 2 is 1.06 bits per heavy atom. The Kier molecular flexibility index (Phi) is 7.04. The van der Waals surface area contributed by atoms with Crippen molar-refractivity contribution in [2.24, 2.45) is 0 Å². The molecule has 0 fully saturated rings. The monoisotopic (exact) mass is 454 g/mol. The molecule has 2 heterocycles. The second kappa shape index (κ2) is 10.7. The molecule has 34 heavy (non-hydrogen) atoms. The third-order valence-electron chi connectivity index (χ3n) is 4.47. The van der Waals surface area contributed by atoms with Crippen LogP contribution in [0, 0.1) is 0 Å². The number of hydrogen-bond donors (Lipinski definition) is 0. The van der Waals surface area contributed by atoms with Gasteiger partial charge in [-0.3, -0.25) is 14.8 Å². The van der Waals surface area contributed by atoms with Crippen molar-refractivity contribution in [2.45, 2.75) is 0 Å². The quantitative estimate of drug-likeness (QED) is 0.292. The van der Waals surface area contributed by atoms with E-state index in [0.29, 0.717) is 22.4 Å². The molecule has 0 aliphatic carbocycles. The van der Waals surface area contributed by atoms with Crippen LogP contribution in [-0.2, 0) is 23.9 Å². The molecule has 2 aromatic heterocycles. The number of rotatable bonds is 8. The van der Waals surface area contributed by atoms with Gasteiger partial charge in [-0.2, -0.15) is 0 Å². The van der Waals surface area contributed by atoms with E-state index in [0.717, 1.165) is 23.2 Å². The summed E-state index contributed by atoms with van der Waals surface area (Å²) in [6, 6.07) is 14.7. The van der Waals surface area contributed by atoms with E-state index < -0.39 is 30.9 Å². The van der Waals surface area contributed by atoms with E-state index in [2.05, 4.69) is 19.9 Å². The van der Waals surface area contributed by atoms with Crippen LogP contribution in [0.3, 0.4) is 0 Å². The minimum Gasteiger partial charge on any atom is -0.454 e. The van der Waals surface area contributed by atoms with Crippen molar-refractivity contribution in [3.63, 3.8) is 0 Å². The number of Topliss-reactive ketones (excluding diaryl/α,β-unsaturated/α-hetero) is 1. The van der Waals surface area contributed by atoms with Crippen molar-refractivity contribution in [1.29, 1.82) is 0 Å². The van der Waals surface area contributed by atoms with Crippen LogP contribution < -0.4 is 0 Å². The molecular formula is C25H18N4O5. The van der Waals surface area contributed by atoms with Gasteiger partial charge in [-0.15, -0.1) is 0 Å². The molecule has 0 aliphatic heterocycles. The molecule has 9 heteroatoms. The summed E-state index contributed by atoms with van der Waals surface area (Å²) in [7, 11) is 0. The molecule has 168 valence electrons. The lowest BCUT2D eigenvalue weighted by Crippen LogP contribution is -2.19. The third kappa shape index (κ3) is 6.13. The van der Waals surface area contributed by atoms with Crippen LogP contribution >= 0.6 is 0 Å². The van der Waals surface area contributed by atoms with Crippen LogP contribution in [0.2, 0.25) is 0 Å². The fourth-order valence-corrected chi connectivity index (χ4v) is 2.85. The Bertz CT molecular complexity index is 1320. The Hall–Kier alpha value is -4.79. The molecule has 0 saturated heterocycles. The zero-order valence-electron chi connectivity index (χ0n) is 17.8. The number of carbonyl (C=O) groups is 3. The van der Waals surface area contributed by atoms with Gasteiger partial charge in [-0.05, 0) is 36.4 Å². The van der Waals surface area contributed by atoms with Gasteiger partial charge in [0, 0.05) is 12.2 Å². The fraction of sp³-hybridized carbons (Fsp3) is 0.0800. The number of ketones is 1. The molecule has 0 amide bonds. The number of fused-ring (bicyclic) bond motifs is 2. The van der Waals surface area contributed by atoms with Crippen LogP contribution in [0.5, 0.6) is 0 Å². The van der Waals surface area contributed by atoms with Crippen molar-refractivity contribution < 1.29 is 23.9 Å². The number of ether oxygens (including phenoxy) is 2. The summed E-state index contributed by atoms with van der Waals surface area (Å²) in [5, 5.41) is 0. The second-order valence-corrected chi connectivity index (χ2v) is 6.99. The van der Waals surface area contributed by atoms with Crippen molar-refractivity contribution in [3.05, 3.63) is 84.5 Å². The van der Waals surface area contributed by atoms with Crippen LogP contribution in [-0.4, -0.2) is 50.9 Å². The van der Waals surface area contributed by atoms with Gasteiger partial charge >= 0.3 is 11.9 Å². The highest BCUT2D eigenvalue weighted by Crippen LogP contribution is 2.10. The van der Waals surface area contributed by atoms with Gasteiger partial charge in [0.2, 0.25) is 5.78 Å². The van der Waals surface area contributed by atoms with Crippen LogP contribution in [0.4, 0.5) is 0 Å². The summed E-state index contributed by atoms with van der Waals surface area (Å²) in [6.07, 6.45) is 8.21. The van der Waals surface area contributed by atoms with E-state index in [4.69, 9.17) is 9.47 Å². The topological polar surface area (TPSA) is 121 Å². The number of carbonyl (C=O) groups excluding carboxylic acids is 3. The molecule has 4 rings (SSSR count). The van der Waals surface area contributed by atoms with Crippen LogP contribution in [0.1, 0.15) is 11.4 Å². The Morgan fingerprint density at radius 3 is 1.50 bits per heavy atom. The lowest BCUT2D eigenvalue weighted by molar-refractivity contribution is -0.148. The average Bonchev–Trinajstić information content (AvgIpc) is 2.88. The van der Waals surface area contributed by atoms with E-state index in [1.807, 2.05) is 48.5 Å². The lowest BCUT2D eigenvalue weighted by atomic mass is 10.3. The fourth-order valence-electron chi connectivity index (χ4n) is 2.85. The summed E-state index contributed by atoms with van der Waals surface area (Å²) in [5.74, 6) is -2.03. The summed E-state index contributed by atoms with van der Waals surface area (Å²) in [6.45, 7) is -1.06. The molecule has 0 atom stereocenters. The molecule has 0 saturated carbocycles. The zero-order chi connectivity index (χ0) is 23.8. The molecule has 0 unspecified atom stereocenters. The number of benzene rings is 2. The van der Waals surface area contributed by atoms with Gasteiger partial charge in [0.05, 0.1) is 45.8 Å². The van der Waals surface area contributed by atoms with Crippen molar-refractivity contribution >= 4 is 51.9 Å². The molecule has 0 bridgehead atoms. The Labute approximate surface area is 193 Å². The number of aromatic nitrogens is 4. The van der Waals surface area contributed by atoms with Gasteiger partial charge in [-0.1, -0.05) is 24.3 Å². The van der Waals surface area contributed by atoms with E-state index >= 15 is 0 Å². The maximum atomic E-state index is 11.8. The third-order valence-corrected chi connectivity index (χ3v) is 4.47. The highest BCUT2D eigenvalue weighted by molar-refractivity contribution is 5.92. The van der Waals surface area contributed by atoms with Gasteiger partial charge in [0.1, 0.15) is 0 Å². The highest BCUT2D eigenvalue weighted by atomic mass is 16.6. The molecular weight excluding hydrogens is 436 g/mol. The van der Waals surface area contributed by atoms with Gasteiger partial charge < -0.3 is 9.47 Å². The minimum atomic E-state index is -0.732. The first-order valence-corrected chi connectivity index (χ1v) is 10.2. The summed E-state index contributed by atoms with van der Waals surface area (Å²) in [4.78, 5) is 52.7. The van der Waals surface area contributed by atoms with Crippen LogP contribution in [0.15, 0.2) is 73.1 Å². The first-order valence-electron chi connectivity index (χ1n) is 10.2. The summed E-state index contributed by atoms with van der Waals surface area (Å²) in [5.41, 5.74) is 3.80. The smallest absolute Gasteiger partial charge is 0.331 e. The van der Waals surface area contributed by atoms with Gasteiger partial charge in [-0.25, -0.2) is 19.6 Å². The largest absolute Gasteiger partial charge is 0.454 e. The predicted molar refractivity (Wildman–Crippen MR) is 124 cm³/mol. The second-order valence-electron chi connectivity index (χ2n) is 6.99. The molecule has 9 nitrogen and oxygen atoms in total. The SMILES string of the molecule is O=C(COC(=O)/C=C/c1cnc2ccccc2n1)COC(=O)/C=C/c1cnc2ccccc2n1. The average molecular weight is 454 g/mol. The maximum absolute atomic E-state index is 11.8. The van der Waals surface area contributed by atoms with E-state index in [1.54, 1.807) is 0 Å². The highest BCUT2D eigenvalue weighted by Gasteiger charge is 2.08. The molecule has 0 radical (unpaired) electrons. The van der Waals surface area contributed by atoms with Crippen LogP contribution in [0.25, 0.3) is 34.2 Å². The number of para-hydroxylation sites is 4. The standard InChI is InChI=1S/C25H18N4O5/c30-19(15-33-24(31)11-9-17-13-26-20-5-1-3-7-22(20)28-17)16-34-25(32)12-10-18-14-27-21-6-2-4-8-23(21)29-18/h1-14H,15-16H2/b11-9+,12-10+. The van der Waals surface area contributed by atoms with Crippen molar-refractivity contribution in [3.8, 4) is 0 Å². The van der Waals surface area contributed by atoms with E-state index in [-0.39, 0.29) is 0 Å². The van der Waals surface area contributed by atoms with Crippen molar-refractivity contribution in [1.82, 2.24) is 19.9 Å². The lowest BCUT2D eigenvalue weighted by Gasteiger charge is -2.02. The molecule has 0 spiro atoms. The summed E-state index contributed by atoms with van der Waals surface area (Å²) < 4.78 is 9.73. The molecule has 4 aromatic rings. The first-order chi connectivity index (χ1) is 16.6. The van der Waals surface area contributed by atoms with E-state index in [1.165, 1.54) is 24.5 Å².